The third-order valence-corrected chi connectivity index (χ3v) is 9.36. The maximum absolute atomic E-state index is 14.3. The zero-order valence-corrected chi connectivity index (χ0v) is 26.0. The van der Waals surface area contributed by atoms with E-state index in [0.29, 0.717) is 51.9 Å². The summed E-state index contributed by atoms with van der Waals surface area (Å²) < 4.78 is 6.17. The molecule has 4 aromatic carbocycles. The SMILES string of the molecule is C[C@@H](/C=C/CC(=O)N1CCC[C@H]1CO)[C@]1(O)C(=O)N(c2ccccc2)c2ccc(N3C(=O)c4ccccc4Oc4ccccc43)cc21. The first-order chi connectivity index (χ1) is 22.8. The molecule has 0 saturated carbocycles. The molecule has 47 heavy (non-hydrogen) atoms. The highest BCUT2D eigenvalue weighted by Gasteiger charge is 2.53. The summed E-state index contributed by atoms with van der Waals surface area (Å²) in [5, 5.41) is 22.1. The van der Waals surface area contributed by atoms with Gasteiger partial charge in [-0.05, 0) is 67.4 Å². The van der Waals surface area contributed by atoms with Crippen molar-refractivity contribution in [2.45, 2.75) is 37.8 Å². The quantitative estimate of drug-likeness (QED) is 0.236. The Morgan fingerprint density at radius 2 is 1.64 bits per heavy atom. The normalized spacial score (nSPS) is 20.9. The van der Waals surface area contributed by atoms with Crippen LogP contribution in [-0.4, -0.2) is 52.0 Å². The van der Waals surface area contributed by atoms with E-state index in [-0.39, 0.29) is 30.9 Å². The van der Waals surface area contributed by atoms with Crippen LogP contribution >= 0.6 is 0 Å². The molecular formula is C38H35N3O6. The van der Waals surface area contributed by atoms with Gasteiger partial charge in [0.15, 0.2) is 11.4 Å². The standard InChI is InChI=1S/C38H35N3O6/c1-25(11-9-19-35(43)39-22-10-14-28(39)24-42)38(46)30-23-27(20-21-31(30)41(37(38)45)26-12-3-2-4-13-26)40-32-16-6-8-18-34(32)47-33-17-7-5-15-29(33)36(40)44/h2-9,11-13,15-18,20-21,23,25,28,42,46H,10,14,19,22,24H2,1H3/b11-9+/t25-,28-,38+/m0/s1. The molecule has 1 fully saturated rings. The maximum Gasteiger partial charge on any atom is 0.268 e. The molecule has 3 aliphatic rings. The van der Waals surface area contributed by atoms with Gasteiger partial charge in [-0.1, -0.05) is 61.5 Å². The number of rotatable bonds is 7. The zero-order chi connectivity index (χ0) is 32.7. The van der Waals surface area contributed by atoms with Crippen molar-refractivity contribution in [2.75, 3.05) is 23.0 Å². The second-order valence-corrected chi connectivity index (χ2v) is 12.1. The van der Waals surface area contributed by atoms with E-state index in [9.17, 15) is 24.6 Å². The number of ether oxygens (including phenoxy) is 1. The molecule has 3 aliphatic heterocycles. The molecule has 9 nitrogen and oxygen atoms in total. The van der Waals surface area contributed by atoms with Crippen LogP contribution in [0.15, 0.2) is 109 Å². The lowest BCUT2D eigenvalue weighted by molar-refractivity contribution is -0.138. The Labute approximate surface area is 272 Å². The lowest BCUT2D eigenvalue weighted by atomic mass is 9.82. The van der Waals surface area contributed by atoms with E-state index in [2.05, 4.69) is 0 Å². The summed E-state index contributed by atoms with van der Waals surface area (Å²) in [5.74, 6) is -0.768. The Balaban J connectivity index is 1.30. The Kier molecular flexibility index (Phi) is 7.87. The number of carbonyl (C=O) groups is 3. The Bertz CT molecular complexity index is 1890. The first-order valence-corrected chi connectivity index (χ1v) is 15.9. The van der Waals surface area contributed by atoms with Crippen LogP contribution in [-0.2, 0) is 15.2 Å². The lowest BCUT2D eigenvalue weighted by Gasteiger charge is -2.28. The Hall–Kier alpha value is -5.25. The van der Waals surface area contributed by atoms with Crippen molar-refractivity contribution in [3.63, 3.8) is 0 Å². The Morgan fingerprint density at radius 1 is 0.915 bits per heavy atom. The third-order valence-electron chi connectivity index (χ3n) is 9.36. The second-order valence-electron chi connectivity index (χ2n) is 12.1. The molecule has 0 unspecified atom stereocenters. The number of para-hydroxylation sites is 4. The van der Waals surface area contributed by atoms with E-state index < -0.39 is 17.4 Å². The number of anilines is 4. The number of amides is 3. The van der Waals surface area contributed by atoms with E-state index in [1.807, 2.05) is 36.4 Å². The summed E-state index contributed by atoms with van der Waals surface area (Å²) in [6, 6.07) is 28.4. The molecule has 1 saturated heterocycles. The van der Waals surface area contributed by atoms with Gasteiger partial charge in [0.1, 0.15) is 5.75 Å². The summed E-state index contributed by atoms with van der Waals surface area (Å²) in [6.45, 7) is 2.27. The fourth-order valence-corrected chi connectivity index (χ4v) is 6.88. The molecule has 3 heterocycles. The molecule has 9 heteroatoms. The van der Waals surface area contributed by atoms with E-state index >= 15 is 0 Å². The Morgan fingerprint density at radius 3 is 2.43 bits per heavy atom. The number of hydrogen-bond donors (Lipinski definition) is 2. The minimum absolute atomic E-state index is 0.0732. The third kappa shape index (κ3) is 5.08. The number of likely N-dealkylation sites (tertiary alicyclic amines) is 1. The molecule has 0 aromatic heterocycles. The fourth-order valence-electron chi connectivity index (χ4n) is 6.88. The highest BCUT2D eigenvalue weighted by Crippen LogP contribution is 2.51. The van der Waals surface area contributed by atoms with Gasteiger partial charge in [-0.25, -0.2) is 0 Å². The van der Waals surface area contributed by atoms with E-state index in [4.69, 9.17) is 4.74 Å². The van der Waals surface area contributed by atoms with Crippen LogP contribution in [0.2, 0.25) is 0 Å². The molecule has 7 rings (SSSR count). The molecular weight excluding hydrogens is 594 g/mol. The van der Waals surface area contributed by atoms with Crippen molar-refractivity contribution >= 4 is 40.5 Å². The van der Waals surface area contributed by atoms with Crippen molar-refractivity contribution in [1.82, 2.24) is 4.90 Å². The van der Waals surface area contributed by atoms with Gasteiger partial charge in [0.05, 0.1) is 29.6 Å². The van der Waals surface area contributed by atoms with Gasteiger partial charge < -0.3 is 19.8 Å². The number of fused-ring (bicyclic) bond motifs is 3. The fraction of sp³-hybridized carbons (Fsp3) is 0.237. The van der Waals surface area contributed by atoms with Gasteiger partial charge in [0.25, 0.3) is 11.8 Å². The lowest BCUT2D eigenvalue weighted by Crippen LogP contribution is -2.43. The van der Waals surface area contributed by atoms with Gasteiger partial charge in [-0.15, -0.1) is 0 Å². The molecule has 2 N–H and O–H groups in total. The minimum Gasteiger partial charge on any atom is -0.454 e. The van der Waals surface area contributed by atoms with Crippen LogP contribution in [0.1, 0.15) is 42.1 Å². The van der Waals surface area contributed by atoms with Crippen LogP contribution in [0, 0.1) is 5.92 Å². The summed E-state index contributed by atoms with van der Waals surface area (Å²) in [5.41, 5.74) is 0.786. The molecule has 0 bridgehead atoms. The van der Waals surface area contributed by atoms with Crippen molar-refractivity contribution in [3.8, 4) is 11.5 Å². The van der Waals surface area contributed by atoms with Gasteiger partial charge in [0, 0.05) is 35.8 Å². The number of nitrogens with zero attached hydrogens (tertiary/aromatic N) is 3. The minimum atomic E-state index is -2.01. The summed E-state index contributed by atoms with van der Waals surface area (Å²) in [6.07, 6.45) is 5.08. The topological polar surface area (TPSA) is 111 Å². The number of aliphatic hydroxyl groups is 2. The predicted octanol–water partition coefficient (Wildman–Crippen LogP) is 6.20. The monoisotopic (exact) mass is 629 g/mol. The van der Waals surface area contributed by atoms with E-state index in [1.165, 1.54) is 4.90 Å². The van der Waals surface area contributed by atoms with Crippen molar-refractivity contribution < 1.29 is 29.3 Å². The largest absolute Gasteiger partial charge is 0.454 e. The van der Waals surface area contributed by atoms with E-state index in [1.54, 1.807) is 89.5 Å². The first-order valence-electron chi connectivity index (χ1n) is 15.9. The molecule has 0 radical (unpaired) electrons. The van der Waals surface area contributed by atoms with E-state index in [0.717, 1.165) is 12.8 Å². The molecule has 4 aromatic rings. The highest BCUT2D eigenvalue weighted by molar-refractivity contribution is 6.16. The van der Waals surface area contributed by atoms with Crippen LogP contribution in [0.25, 0.3) is 0 Å². The summed E-state index contributed by atoms with van der Waals surface area (Å²) >= 11 is 0. The van der Waals surface area contributed by atoms with Gasteiger partial charge in [-0.3, -0.25) is 24.2 Å². The molecule has 0 spiro atoms. The molecule has 238 valence electrons. The van der Waals surface area contributed by atoms with Gasteiger partial charge in [0.2, 0.25) is 5.91 Å². The van der Waals surface area contributed by atoms with Gasteiger partial charge in [-0.2, -0.15) is 0 Å². The second kappa shape index (κ2) is 12.2. The van der Waals surface area contributed by atoms with Gasteiger partial charge >= 0.3 is 0 Å². The predicted molar refractivity (Wildman–Crippen MR) is 178 cm³/mol. The average molecular weight is 630 g/mol. The number of benzene rings is 4. The van der Waals surface area contributed by atoms with Crippen LogP contribution in [0.5, 0.6) is 11.5 Å². The molecule has 3 amide bonds. The molecule has 3 atom stereocenters. The summed E-state index contributed by atoms with van der Waals surface area (Å²) in [4.78, 5) is 46.2. The smallest absolute Gasteiger partial charge is 0.268 e. The van der Waals surface area contributed by atoms with Crippen LogP contribution in [0.3, 0.4) is 0 Å². The average Bonchev–Trinajstić information content (AvgIpc) is 3.63. The zero-order valence-electron chi connectivity index (χ0n) is 26.0. The van der Waals surface area contributed by atoms with Crippen LogP contribution < -0.4 is 14.5 Å². The maximum atomic E-state index is 14.3. The highest BCUT2D eigenvalue weighted by atomic mass is 16.5. The van der Waals surface area contributed by atoms with Crippen molar-refractivity contribution in [2.24, 2.45) is 5.92 Å². The number of hydrogen-bond acceptors (Lipinski definition) is 6. The number of carbonyl (C=O) groups excluding carboxylic acids is 3. The van der Waals surface area contributed by atoms with Crippen molar-refractivity contribution in [1.29, 1.82) is 0 Å². The first kappa shape index (κ1) is 30.4. The van der Waals surface area contributed by atoms with Crippen molar-refractivity contribution in [3.05, 3.63) is 120 Å². The summed E-state index contributed by atoms with van der Waals surface area (Å²) in [7, 11) is 0. The number of aliphatic hydroxyl groups excluding tert-OH is 1. The van der Waals surface area contributed by atoms with Crippen LogP contribution in [0.4, 0.5) is 22.7 Å². The molecule has 0 aliphatic carbocycles.